The minimum atomic E-state index is -0.995. The molecule has 0 spiro atoms. The fourth-order valence-electron chi connectivity index (χ4n) is 2.38. The fourth-order valence-corrected chi connectivity index (χ4v) is 2.69. The van der Waals surface area contributed by atoms with Crippen LogP contribution in [0.2, 0.25) is 10.0 Å². The first-order chi connectivity index (χ1) is 9.41. The van der Waals surface area contributed by atoms with Crippen LogP contribution in [-0.2, 0) is 4.79 Å². The molecule has 1 aliphatic rings. The molecule has 1 aromatic rings. The van der Waals surface area contributed by atoms with E-state index in [0.717, 1.165) is 18.9 Å². The highest BCUT2D eigenvalue weighted by Crippen LogP contribution is 2.38. The van der Waals surface area contributed by atoms with Gasteiger partial charge in [0, 0.05) is 12.6 Å². The summed E-state index contributed by atoms with van der Waals surface area (Å²) in [5.41, 5.74) is -0.0240. The number of nitro groups is 1. The summed E-state index contributed by atoms with van der Waals surface area (Å²) in [7, 11) is 0. The zero-order valence-corrected chi connectivity index (χ0v) is 11.9. The van der Waals surface area contributed by atoms with E-state index in [4.69, 9.17) is 23.2 Å². The lowest BCUT2D eigenvalue weighted by Gasteiger charge is -2.34. The zero-order valence-electron chi connectivity index (χ0n) is 10.4. The van der Waals surface area contributed by atoms with Gasteiger partial charge in [0.1, 0.15) is 11.7 Å². The van der Waals surface area contributed by atoms with Gasteiger partial charge in [0.25, 0.3) is 5.69 Å². The van der Waals surface area contributed by atoms with Gasteiger partial charge in [-0.25, -0.2) is 4.79 Å². The third kappa shape index (κ3) is 2.81. The van der Waals surface area contributed by atoms with Gasteiger partial charge in [0.05, 0.1) is 15.0 Å². The number of carbonyl (C=O) groups is 1. The number of halogens is 2. The maximum absolute atomic E-state index is 11.3. The van der Waals surface area contributed by atoms with Gasteiger partial charge < -0.3 is 10.0 Å². The van der Waals surface area contributed by atoms with E-state index in [-0.39, 0.29) is 21.4 Å². The summed E-state index contributed by atoms with van der Waals surface area (Å²) >= 11 is 11.7. The summed E-state index contributed by atoms with van der Waals surface area (Å²) in [4.78, 5) is 23.4. The number of piperidine rings is 1. The summed E-state index contributed by atoms with van der Waals surface area (Å²) in [6, 6.07) is 1.75. The number of nitrogens with zero attached hydrogens (tertiary/aromatic N) is 2. The molecule has 0 saturated carbocycles. The van der Waals surface area contributed by atoms with Gasteiger partial charge >= 0.3 is 5.97 Å². The monoisotopic (exact) mass is 318 g/mol. The van der Waals surface area contributed by atoms with Crippen molar-refractivity contribution in [1.82, 2.24) is 0 Å². The average Bonchev–Trinajstić information content (AvgIpc) is 2.41. The summed E-state index contributed by atoms with van der Waals surface area (Å²) in [5.74, 6) is -0.995. The summed E-state index contributed by atoms with van der Waals surface area (Å²) < 4.78 is 0. The summed E-state index contributed by atoms with van der Waals surface area (Å²) in [6.45, 7) is 0.440. The van der Waals surface area contributed by atoms with Crippen LogP contribution in [0.5, 0.6) is 0 Å². The Morgan fingerprint density at radius 1 is 1.35 bits per heavy atom. The van der Waals surface area contributed by atoms with Crippen LogP contribution >= 0.6 is 23.2 Å². The second-order valence-corrected chi connectivity index (χ2v) is 5.37. The van der Waals surface area contributed by atoms with Crippen LogP contribution in [0, 0.1) is 10.1 Å². The number of hydrogen-bond donors (Lipinski definition) is 1. The highest BCUT2D eigenvalue weighted by atomic mass is 35.5. The molecule has 0 bridgehead atoms. The highest BCUT2D eigenvalue weighted by molar-refractivity contribution is 6.42. The van der Waals surface area contributed by atoms with Crippen LogP contribution in [0.25, 0.3) is 0 Å². The van der Waals surface area contributed by atoms with Crippen molar-refractivity contribution in [1.29, 1.82) is 0 Å². The smallest absolute Gasteiger partial charge is 0.326 e. The topological polar surface area (TPSA) is 83.7 Å². The first-order valence-corrected chi connectivity index (χ1v) is 6.80. The van der Waals surface area contributed by atoms with E-state index >= 15 is 0 Å². The molecule has 2 rings (SSSR count). The predicted molar refractivity (Wildman–Crippen MR) is 75.7 cm³/mol. The minimum absolute atomic E-state index is 0.0750. The van der Waals surface area contributed by atoms with Crippen molar-refractivity contribution in [2.24, 2.45) is 0 Å². The van der Waals surface area contributed by atoms with Crippen LogP contribution < -0.4 is 4.90 Å². The number of carboxylic acids is 1. The molecular formula is C12H12Cl2N2O4. The van der Waals surface area contributed by atoms with Crippen LogP contribution in [0.3, 0.4) is 0 Å². The van der Waals surface area contributed by atoms with Crippen molar-refractivity contribution in [2.45, 2.75) is 25.3 Å². The van der Waals surface area contributed by atoms with Crippen molar-refractivity contribution < 1.29 is 14.8 Å². The lowest BCUT2D eigenvalue weighted by molar-refractivity contribution is -0.384. The summed E-state index contributed by atoms with van der Waals surface area (Å²) in [6.07, 6.45) is 2.01. The van der Waals surface area contributed by atoms with Crippen molar-refractivity contribution in [3.63, 3.8) is 0 Å². The van der Waals surface area contributed by atoms with Crippen LogP contribution in [0.15, 0.2) is 12.1 Å². The molecule has 0 amide bonds. The standard InChI is InChI=1S/C12H12Cl2N2O4/c13-7-5-10(11(16(19)20)6-8(7)14)15-4-2-1-3-9(15)12(17)18/h5-6,9H,1-4H2,(H,17,18). The minimum Gasteiger partial charge on any atom is -0.480 e. The van der Waals surface area contributed by atoms with E-state index in [1.807, 2.05) is 0 Å². The quantitative estimate of drug-likeness (QED) is 0.682. The first kappa shape index (κ1) is 14.9. The molecule has 0 aromatic heterocycles. The van der Waals surface area contributed by atoms with Crippen molar-refractivity contribution in [3.05, 3.63) is 32.3 Å². The number of aliphatic carboxylic acids is 1. The normalized spacial score (nSPS) is 18.9. The number of rotatable bonds is 3. The SMILES string of the molecule is O=C(O)C1CCCCN1c1cc(Cl)c(Cl)cc1[N+](=O)[O-]. The zero-order chi connectivity index (χ0) is 14.9. The van der Waals surface area contributed by atoms with Crippen molar-refractivity contribution in [3.8, 4) is 0 Å². The molecule has 20 heavy (non-hydrogen) atoms. The van der Waals surface area contributed by atoms with E-state index in [1.165, 1.54) is 11.0 Å². The molecule has 1 fully saturated rings. The molecule has 0 radical (unpaired) electrons. The number of nitro benzene ring substituents is 1. The number of anilines is 1. The van der Waals surface area contributed by atoms with Gasteiger partial charge in [-0.05, 0) is 25.3 Å². The number of hydrogen-bond acceptors (Lipinski definition) is 4. The maximum Gasteiger partial charge on any atom is 0.326 e. The largest absolute Gasteiger partial charge is 0.480 e. The predicted octanol–water partition coefficient (Wildman–Crippen LogP) is 3.35. The maximum atomic E-state index is 11.3. The second-order valence-electron chi connectivity index (χ2n) is 4.56. The Labute approximate surface area is 125 Å². The molecule has 1 unspecified atom stereocenters. The Morgan fingerprint density at radius 2 is 2.00 bits per heavy atom. The van der Waals surface area contributed by atoms with E-state index in [9.17, 15) is 20.0 Å². The van der Waals surface area contributed by atoms with Crippen LogP contribution in [-0.4, -0.2) is 28.6 Å². The first-order valence-electron chi connectivity index (χ1n) is 6.04. The van der Waals surface area contributed by atoms with Gasteiger partial charge in [0.2, 0.25) is 0 Å². The van der Waals surface area contributed by atoms with Gasteiger partial charge in [-0.1, -0.05) is 23.2 Å². The Hall–Kier alpha value is -1.53. The van der Waals surface area contributed by atoms with Gasteiger partial charge in [0.15, 0.2) is 0 Å². The number of benzene rings is 1. The third-order valence-electron chi connectivity index (χ3n) is 3.31. The highest BCUT2D eigenvalue weighted by Gasteiger charge is 2.33. The molecule has 108 valence electrons. The lowest BCUT2D eigenvalue weighted by atomic mass is 10.0. The van der Waals surface area contributed by atoms with E-state index in [0.29, 0.717) is 13.0 Å². The van der Waals surface area contributed by atoms with E-state index in [2.05, 4.69) is 0 Å². The summed E-state index contributed by atoms with van der Waals surface area (Å²) in [5, 5.41) is 20.6. The molecule has 1 atom stereocenters. The van der Waals surface area contributed by atoms with Gasteiger partial charge in [-0.3, -0.25) is 10.1 Å². The third-order valence-corrected chi connectivity index (χ3v) is 4.03. The fraction of sp³-hybridized carbons (Fsp3) is 0.417. The molecule has 1 N–H and O–H groups in total. The molecule has 6 nitrogen and oxygen atoms in total. The van der Waals surface area contributed by atoms with Crippen LogP contribution in [0.1, 0.15) is 19.3 Å². The second kappa shape index (κ2) is 5.85. The van der Waals surface area contributed by atoms with Crippen molar-refractivity contribution >= 4 is 40.5 Å². The molecule has 1 aromatic carbocycles. The van der Waals surface area contributed by atoms with E-state index < -0.39 is 16.9 Å². The van der Waals surface area contributed by atoms with Gasteiger partial charge in [-0.2, -0.15) is 0 Å². The molecule has 1 aliphatic heterocycles. The average molecular weight is 319 g/mol. The van der Waals surface area contributed by atoms with Gasteiger partial charge in [-0.15, -0.1) is 0 Å². The molecule has 8 heteroatoms. The number of carboxylic acid groups (broad SMARTS) is 1. The molecule has 1 saturated heterocycles. The molecule has 0 aliphatic carbocycles. The Kier molecular flexibility index (Phi) is 4.35. The van der Waals surface area contributed by atoms with E-state index in [1.54, 1.807) is 0 Å². The Morgan fingerprint density at radius 3 is 2.60 bits per heavy atom. The molecular weight excluding hydrogens is 307 g/mol. The molecule has 1 heterocycles. The van der Waals surface area contributed by atoms with Crippen molar-refractivity contribution in [2.75, 3.05) is 11.4 Å². The Bertz CT molecular complexity index is 565. The Balaban J connectivity index is 2.51. The lowest BCUT2D eigenvalue weighted by Crippen LogP contribution is -2.45. The van der Waals surface area contributed by atoms with Crippen LogP contribution in [0.4, 0.5) is 11.4 Å².